The summed E-state index contributed by atoms with van der Waals surface area (Å²) < 4.78 is 38.0. The first-order valence-electron chi connectivity index (χ1n) is 10.2. The van der Waals surface area contributed by atoms with Crippen LogP contribution >= 0.6 is 0 Å². The van der Waals surface area contributed by atoms with E-state index in [4.69, 9.17) is 10.5 Å². The molecule has 2 aromatic heterocycles. The number of aromatic nitrogens is 2. The predicted octanol–water partition coefficient (Wildman–Crippen LogP) is 3.42. The molecule has 0 aliphatic carbocycles. The van der Waals surface area contributed by atoms with Crippen LogP contribution in [0.25, 0.3) is 11.0 Å². The molecule has 2 aromatic carbocycles. The van der Waals surface area contributed by atoms with Gasteiger partial charge in [0.25, 0.3) is 10.0 Å². The summed E-state index contributed by atoms with van der Waals surface area (Å²) in [6.45, 7) is 1.90. The zero-order chi connectivity index (χ0) is 23.6. The molecule has 0 saturated heterocycles. The van der Waals surface area contributed by atoms with Crippen LogP contribution in [0.5, 0.6) is 11.5 Å². The van der Waals surface area contributed by atoms with Gasteiger partial charge in [0.2, 0.25) is 0 Å². The highest BCUT2D eigenvalue weighted by Gasteiger charge is 2.21. The molecule has 0 bridgehead atoms. The Labute approximate surface area is 191 Å². The molecular weight excluding hydrogens is 442 g/mol. The van der Waals surface area contributed by atoms with E-state index in [0.29, 0.717) is 23.3 Å². The fourth-order valence-corrected chi connectivity index (χ4v) is 4.71. The van der Waals surface area contributed by atoms with Gasteiger partial charge in [0, 0.05) is 12.4 Å². The summed E-state index contributed by atoms with van der Waals surface area (Å²) in [4.78, 5) is 16.0. The van der Waals surface area contributed by atoms with Crippen LogP contribution in [0.3, 0.4) is 0 Å². The third-order valence-electron chi connectivity index (χ3n) is 5.20. The molecule has 1 unspecified atom stereocenters. The molecule has 2 N–H and O–H groups in total. The van der Waals surface area contributed by atoms with Crippen molar-refractivity contribution in [3.63, 3.8) is 0 Å². The van der Waals surface area contributed by atoms with Crippen molar-refractivity contribution in [3.8, 4) is 11.5 Å². The van der Waals surface area contributed by atoms with Crippen molar-refractivity contribution in [2.75, 3.05) is 7.11 Å². The Hall–Kier alpha value is -3.69. The average Bonchev–Trinajstić information content (AvgIpc) is 3.26. The molecule has 9 heteroatoms. The second kappa shape index (κ2) is 9.05. The van der Waals surface area contributed by atoms with Crippen LogP contribution in [0.1, 0.15) is 11.1 Å². The minimum absolute atomic E-state index is 0.180. The van der Waals surface area contributed by atoms with Crippen LogP contribution in [0, 0.1) is 6.92 Å². The lowest BCUT2D eigenvalue weighted by atomic mass is 10.1. The first-order chi connectivity index (χ1) is 15.8. The largest absolute Gasteiger partial charge is 0.468 e. The van der Waals surface area contributed by atoms with Gasteiger partial charge < -0.3 is 15.2 Å². The molecule has 0 fully saturated rings. The highest BCUT2D eigenvalue weighted by atomic mass is 32.2. The monoisotopic (exact) mass is 465 g/mol. The molecule has 4 rings (SSSR count). The Morgan fingerprint density at radius 3 is 2.42 bits per heavy atom. The van der Waals surface area contributed by atoms with Crippen molar-refractivity contribution in [2.24, 2.45) is 5.73 Å². The summed E-state index contributed by atoms with van der Waals surface area (Å²) in [6.07, 6.45) is 3.31. The van der Waals surface area contributed by atoms with Crippen LogP contribution < -0.4 is 10.5 Å². The molecule has 33 heavy (non-hydrogen) atoms. The van der Waals surface area contributed by atoms with Crippen LogP contribution in [-0.2, 0) is 26.0 Å². The van der Waals surface area contributed by atoms with E-state index < -0.39 is 22.0 Å². The number of nitrogens with two attached hydrogens (primary N) is 1. The van der Waals surface area contributed by atoms with E-state index in [9.17, 15) is 13.2 Å². The fraction of sp³-hybridized carbons (Fsp3) is 0.167. The van der Waals surface area contributed by atoms with Crippen molar-refractivity contribution in [1.29, 1.82) is 0 Å². The van der Waals surface area contributed by atoms with Gasteiger partial charge in [-0.2, -0.15) is 0 Å². The number of hydrogen-bond acceptors (Lipinski definition) is 7. The van der Waals surface area contributed by atoms with Crippen molar-refractivity contribution < 1.29 is 22.7 Å². The molecule has 0 spiro atoms. The normalized spacial score (nSPS) is 12.5. The van der Waals surface area contributed by atoms with Crippen molar-refractivity contribution >= 4 is 27.0 Å². The van der Waals surface area contributed by atoms with E-state index in [1.165, 1.54) is 19.5 Å². The molecule has 0 amide bonds. The Morgan fingerprint density at radius 2 is 1.76 bits per heavy atom. The Kier molecular flexibility index (Phi) is 6.17. The minimum atomic E-state index is -3.81. The van der Waals surface area contributed by atoms with Crippen molar-refractivity contribution in [1.82, 2.24) is 8.96 Å². The highest BCUT2D eigenvalue weighted by molar-refractivity contribution is 7.90. The number of ether oxygens (including phenoxy) is 2. The molecule has 4 aromatic rings. The molecule has 2 heterocycles. The lowest BCUT2D eigenvalue weighted by Gasteiger charge is -2.11. The van der Waals surface area contributed by atoms with E-state index in [-0.39, 0.29) is 10.5 Å². The third kappa shape index (κ3) is 4.59. The maximum Gasteiger partial charge on any atom is 0.322 e. The number of fused-ring (bicyclic) bond motifs is 1. The van der Waals surface area contributed by atoms with Gasteiger partial charge >= 0.3 is 5.97 Å². The average molecular weight is 466 g/mol. The van der Waals surface area contributed by atoms with Crippen LogP contribution in [0.4, 0.5) is 0 Å². The number of aryl methyl sites for hydroxylation is 1. The van der Waals surface area contributed by atoms with Gasteiger partial charge in [0.15, 0.2) is 5.65 Å². The number of methoxy groups -OCH3 is 1. The topological polar surface area (TPSA) is 114 Å². The Morgan fingerprint density at radius 1 is 1.06 bits per heavy atom. The summed E-state index contributed by atoms with van der Waals surface area (Å²) in [5.74, 6) is 0.545. The summed E-state index contributed by atoms with van der Waals surface area (Å²) in [5, 5.41) is 0.560. The van der Waals surface area contributed by atoms with Crippen LogP contribution in [-0.4, -0.2) is 36.5 Å². The molecule has 0 saturated carbocycles. The number of esters is 1. The van der Waals surface area contributed by atoms with Gasteiger partial charge in [-0.15, -0.1) is 0 Å². The standard InChI is InChI=1S/C24H23N3O5S/c1-16-3-9-19(10-4-16)33(29,30)27-14-12-20-22(11-13-26-23(20)27)32-18-7-5-17(6-8-18)15-21(25)24(28)31-2/h3-14,21H,15,25H2,1-2H3. The van der Waals surface area contributed by atoms with E-state index >= 15 is 0 Å². The summed E-state index contributed by atoms with van der Waals surface area (Å²) in [7, 11) is -2.51. The van der Waals surface area contributed by atoms with Gasteiger partial charge in [-0.05, 0) is 55.3 Å². The second-order valence-electron chi connectivity index (χ2n) is 7.56. The molecule has 0 aliphatic rings. The summed E-state index contributed by atoms with van der Waals surface area (Å²) in [5.41, 5.74) is 7.91. The molecular formula is C24H23N3O5S. The lowest BCUT2D eigenvalue weighted by Crippen LogP contribution is -2.33. The van der Waals surface area contributed by atoms with Gasteiger partial charge in [0.1, 0.15) is 17.5 Å². The fourth-order valence-electron chi connectivity index (χ4n) is 3.41. The zero-order valence-electron chi connectivity index (χ0n) is 18.1. The van der Waals surface area contributed by atoms with Gasteiger partial charge in [-0.1, -0.05) is 29.8 Å². The van der Waals surface area contributed by atoms with Crippen molar-refractivity contribution in [3.05, 3.63) is 84.2 Å². The van der Waals surface area contributed by atoms with Crippen molar-refractivity contribution in [2.45, 2.75) is 24.3 Å². The Balaban J connectivity index is 1.60. The number of rotatable bonds is 7. The minimum Gasteiger partial charge on any atom is -0.468 e. The van der Waals surface area contributed by atoms with Gasteiger partial charge in [0.05, 0.1) is 17.4 Å². The van der Waals surface area contributed by atoms with Crippen LogP contribution in [0.15, 0.2) is 78.0 Å². The predicted molar refractivity (Wildman–Crippen MR) is 124 cm³/mol. The first-order valence-corrected chi connectivity index (χ1v) is 11.6. The summed E-state index contributed by atoms with van der Waals surface area (Å²) in [6, 6.07) is 16.4. The zero-order valence-corrected chi connectivity index (χ0v) is 19.0. The lowest BCUT2D eigenvalue weighted by molar-refractivity contribution is -0.142. The molecule has 1 atom stereocenters. The van der Waals surface area contributed by atoms with Crippen LogP contribution in [0.2, 0.25) is 0 Å². The number of benzene rings is 2. The smallest absolute Gasteiger partial charge is 0.322 e. The quantitative estimate of drug-likeness (QED) is 0.416. The van der Waals surface area contributed by atoms with E-state index in [0.717, 1.165) is 15.1 Å². The number of carbonyl (C=O) groups is 1. The summed E-state index contributed by atoms with van der Waals surface area (Å²) >= 11 is 0. The van der Waals surface area contributed by atoms with E-state index in [1.54, 1.807) is 48.5 Å². The highest BCUT2D eigenvalue weighted by Crippen LogP contribution is 2.31. The SMILES string of the molecule is COC(=O)C(N)Cc1ccc(Oc2ccnc3c2ccn3S(=O)(=O)c2ccc(C)cc2)cc1. The Bertz CT molecular complexity index is 1390. The number of pyridine rings is 1. The molecule has 0 aliphatic heterocycles. The third-order valence-corrected chi connectivity index (χ3v) is 6.88. The van der Waals surface area contributed by atoms with Gasteiger partial charge in [-0.25, -0.2) is 17.4 Å². The second-order valence-corrected chi connectivity index (χ2v) is 9.37. The maximum absolute atomic E-state index is 13.1. The van der Waals surface area contributed by atoms with E-state index in [1.807, 2.05) is 19.1 Å². The molecule has 170 valence electrons. The molecule has 0 radical (unpaired) electrons. The number of carbonyl (C=O) groups excluding carboxylic acids is 1. The maximum atomic E-state index is 13.1. The molecule has 8 nitrogen and oxygen atoms in total. The number of hydrogen-bond donors (Lipinski definition) is 1. The first kappa shape index (κ1) is 22.5. The number of nitrogens with zero attached hydrogens (tertiary/aromatic N) is 2. The van der Waals surface area contributed by atoms with E-state index in [2.05, 4.69) is 9.72 Å². The van der Waals surface area contributed by atoms with Gasteiger partial charge in [-0.3, -0.25) is 4.79 Å².